The van der Waals surface area contributed by atoms with Crippen LogP contribution in [-0.4, -0.2) is 46.6 Å². The standard InChI is InChI=1S/C13H19NO4/c1-2-10-3-5-11(6-4-10)12(18)14-13(7-15,8-16)9-17/h3-6,15-17H,2,7-9H2,1H3,(H,14,18). The fourth-order valence-corrected chi connectivity index (χ4v) is 1.47. The molecule has 1 aromatic rings. The van der Waals surface area contributed by atoms with Crippen molar-refractivity contribution in [1.82, 2.24) is 5.32 Å². The summed E-state index contributed by atoms with van der Waals surface area (Å²) in [4.78, 5) is 11.9. The van der Waals surface area contributed by atoms with Gasteiger partial charge in [-0.2, -0.15) is 0 Å². The number of carbonyl (C=O) groups excluding carboxylic acids is 1. The van der Waals surface area contributed by atoms with Crippen LogP contribution in [0.3, 0.4) is 0 Å². The van der Waals surface area contributed by atoms with E-state index >= 15 is 0 Å². The lowest BCUT2D eigenvalue weighted by molar-refractivity contribution is 0.0375. The van der Waals surface area contributed by atoms with Gasteiger partial charge in [-0.05, 0) is 24.1 Å². The summed E-state index contributed by atoms with van der Waals surface area (Å²) >= 11 is 0. The van der Waals surface area contributed by atoms with E-state index in [4.69, 9.17) is 15.3 Å². The van der Waals surface area contributed by atoms with Gasteiger partial charge in [-0.15, -0.1) is 0 Å². The monoisotopic (exact) mass is 253 g/mol. The summed E-state index contributed by atoms with van der Waals surface area (Å²) in [5.74, 6) is -0.435. The number of aryl methyl sites for hydroxylation is 1. The number of rotatable bonds is 6. The van der Waals surface area contributed by atoms with Crippen LogP contribution in [0.4, 0.5) is 0 Å². The van der Waals surface area contributed by atoms with Gasteiger partial charge in [0, 0.05) is 5.56 Å². The van der Waals surface area contributed by atoms with E-state index in [-0.39, 0.29) is 0 Å². The zero-order valence-electron chi connectivity index (χ0n) is 10.4. The van der Waals surface area contributed by atoms with Crippen molar-refractivity contribution >= 4 is 5.91 Å². The molecule has 4 N–H and O–H groups in total. The molecule has 100 valence electrons. The molecule has 0 saturated heterocycles. The van der Waals surface area contributed by atoms with Crippen LogP contribution in [0.15, 0.2) is 24.3 Å². The van der Waals surface area contributed by atoms with Crippen molar-refractivity contribution in [3.05, 3.63) is 35.4 Å². The predicted octanol–water partition coefficient (Wildman–Crippen LogP) is -0.305. The molecular weight excluding hydrogens is 234 g/mol. The first-order chi connectivity index (χ1) is 8.60. The van der Waals surface area contributed by atoms with Gasteiger partial charge in [0.05, 0.1) is 19.8 Å². The normalized spacial score (nSPS) is 11.3. The second kappa shape index (κ2) is 6.49. The second-order valence-electron chi connectivity index (χ2n) is 4.26. The predicted molar refractivity (Wildman–Crippen MR) is 67.3 cm³/mol. The van der Waals surface area contributed by atoms with Gasteiger partial charge in [0.1, 0.15) is 5.54 Å². The van der Waals surface area contributed by atoms with Gasteiger partial charge in [-0.3, -0.25) is 4.79 Å². The Hall–Kier alpha value is -1.43. The third kappa shape index (κ3) is 3.29. The van der Waals surface area contributed by atoms with Crippen molar-refractivity contribution in [3.8, 4) is 0 Å². The molecule has 5 nitrogen and oxygen atoms in total. The summed E-state index contributed by atoms with van der Waals surface area (Å²) in [6.07, 6.45) is 0.885. The van der Waals surface area contributed by atoms with Gasteiger partial charge in [-0.25, -0.2) is 0 Å². The quantitative estimate of drug-likeness (QED) is 0.560. The summed E-state index contributed by atoms with van der Waals surface area (Å²) in [7, 11) is 0. The minimum Gasteiger partial charge on any atom is -0.394 e. The molecule has 1 rings (SSSR count). The Morgan fingerprint density at radius 2 is 1.61 bits per heavy atom. The second-order valence-corrected chi connectivity index (χ2v) is 4.26. The van der Waals surface area contributed by atoms with Crippen LogP contribution in [0, 0.1) is 0 Å². The van der Waals surface area contributed by atoms with Gasteiger partial charge in [-0.1, -0.05) is 19.1 Å². The average Bonchev–Trinajstić information content (AvgIpc) is 2.45. The number of aliphatic hydroxyl groups is 3. The molecule has 0 spiro atoms. The molecule has 0 unspecified atom stereocenters. The van der Waals surface area contributed by atoms with Crippen molar-refractivity contribution in [3.63, 3.8) is 0 Å². The highest BCUT2D eigenvalue weighted by Gasteiger charge is 2.30. The Morgan fingerprint density at radius 1 is 1.11 bits per heavy atom. The maximum atomic E-state index is 11.9. The van der Waals surface area contributed by atoms with Gasteiger partial charge in [0.2, 0.25) is 0 Å². The fourth-order valence-electron chi connectivity index (χ4n) is 1.47. The Kier molecular flexibility index (Phi) is 5.27. The van der Waals surface area contributed by atoms with Crippen molar-refractivity contribution in [2.24, 2.45) is 0 Å². The highest BCUT2D eigenvalue weighted by molar-refractivity contribution is 5.94. The third-order valence-corrected chi connectivity index (χ3v) is 2.91. The first-order valence-corrected chi connectivity index (χ1v) is 5.85. The smallest absolute Gasteiger partial charge is 0.251 e. The number of hydrogen-bond donors (Lipinski definition) is 4. The largest absolute Gasteiger partial charge is 0.394 e. The molecule has 0 radical (unpaired) electrons. The van der Waals surface area contributed by atoms with E-state index in [1.807, 2.05) is 19.1 Å². The molecular formula is C13H19NO4. The lowest BCUT2D eigenvalue weighted by Gasteiger charge is -2.28. The molecule has 1 aromatic carbocycles. The zero-order valence-corrected chi connectivity index (χ0v) is 10.4. The minimum atomic E-state index is -1.39. The molecule has 0 heterocycles. The van der Waals surface area contributed by atoms with Gasteiger partial charge >= 0.3 is 0 Å². The van der Waals surface area contributed by atoms with E-state index < -0.39 is 31.3 Å². The fraction of sp³-hybridized carbons (Fsp3) is 0.462. The number of carbonyl (C=O) groups is 1. The molecule has 0 aliphatic rings. The molecule has 0 fully saturated rings. The van der Waals surface area contributed by atoms with Crippen LogP contribution in [0.2, 0.25) is 0 Å². The molecule has 1 amide bonds. The minimum absolute atomic E-state index is 0.423. The van der Waals surface area contributed by atoms with E-state index in [9.17, 15) is 4.79 Å². The topological polar surface area (TPSA) is 89.8 Å². The average molecular weight is 253 g/mol. The van der Waals surface area contributed by atoms with Gasteiger partial charge in [0.15, 0.2) is 0 Å². The Balaban J connectivity index is 2.80. The first kappa shape index (κ1) is 14.6. The van der Waals surface area contributed by atoms with Crippen molar-refractivity contribution in [1.29, 1.82) is 0 Å². The summed E-state index contributed by atoms with van der Waals surface area (Å²) in [6.45, 7) is 0.430. The van der Waals surface area contributed by atoms with Gasteiger partial charge in [0.25, 0.3) is 5.91 Å². The highest BCUT2D eigenvalue weighted by Crippen LogP contribution is 2.08. The van der Waals surface area contributed by atoms with Crippen LogP contribution in [0.25, 0.3) is 0 Å². The molecule has 0 aliphatic heterocycles. The lowest BCUT2D eigenvalue weighted by Crippen LogP contribution is -2.57. The van der Waals surface area contributed by atoms with E-state index in [1.54, 1.807) is 12.1 Å². The molecule has 0 aliphatic carbocycles. The molecule has 0 atom stereocenters. The molecule has 5 heteroatoms. The Labute approximate surface area is 106 Å². The molecule has 0 bridgehead atoms. The highest BCUT2D eigenvalue weighted by atomic mass is 16.3. The number of nitrogens with one attached hydrogen (secondary N) is 1. The Bertz CT molecular complexity index is 376. The van der Waals surface area contributed by atoms with Gasteiger partial charge < -0.3 is 20.6 Å². The van der Waals surface area contributed by atoms with Crippen molar-refractivity contribution < 1.29 is 20.1 Å². The van der Waals surface area contributed by atoms with Crippen molar-refractivity contribution in [2.75, 3.05) is 19.8 Å². The van der Waals surface area contributed by atoms with Crippen LogP contribution >= 0.6 is 0 Å². The number of benzene rings is 1. The van der Waals surface area contributed by atoms with Crippen LogP contribution in [0.5, 0.6) is 0 Å². The van der Waals surface area contributed by atoms with Crippen LogP contribution in [0.1, 0.15) is 22.8 Å². The van der Waals surface area contributed by atoms with E-state index in [0.29, 0.717) is 5.56 Å². The van der Waals surface area contributed by atoms with E-state index in [1.165, 1.54) is 0 Å². The molecule has 0 saturated carbocycles. The van der Waals surface area contributed by atoms with Crippen LogP contribution < -0.4 is 5.32 Å². The van der Waals surface area contributed by atoms with E-state index in [0.717, 1.165) is 12.0 Å². The number of amides is 1. The lowest BCUT2D eigenvalue weighted by atomic mass is 10.0. The maximum absolute atomic E-state index is 11.9. The maximum Gasteiger partial charge on any atom is 0.251 e. The molecule has 18 heavy (non-hydrogen) atoms. The molecule has 0 aromatic heterocycles. The summed E-state index contributed by atoms with van der Waals surface area (Å²) < 4.78 is 0. The van der Waals surface area contributed by atoms with Crippen molar-refractivity contribution in [2.45, 2.75) is 18.9 Å². The third-order valence-electron chi connectivity index (χ3n) is 2.91. The Morgan fingerprint density at radius 3 is 2.00 bits per heavy atom. The number of hydrogen-bond acceptors (Lipinski definition) is 4. The van der Waals surface area contributed by atoms with E-state index in [2.05, 4.69) is 5.32 Å². The summed E-state index contributed by atoms with van der Waals surface area (Å²) in [6, 6.07) is 7.02. The SMILES string of the molecule is CCc1ccc(C(=O)NC(CO)(CO)CO)cc1. The summed E-state index contributed by atoms with van der Waals surface area (Å²) in [5.41, 5.74) is 0.150. The van der Waals surface area contributed by atoms with Crippen LogP contribution in [-0.2, 0) is 6.42 Å². The first-order valence-electron chi connectivity index (χ1n) is 5.85. The zero-order chi connectivity index (χ0) is 13.6. The summed E-state index contributed by atoms with van der Waals surface area (Å²) in [5, 5.41) is 29.8. The number of aliphatic hydroxyl groups excluding tert-OH is 3.